The molecule has 0 spiro atoms. The highest BCUT2D eigenvalue weighted by Gasteiger charge is 2.24. The number of rotatable bonds is 7. The zero-order valence-electron chi connectivity index (χ0n) is 12.5. The summed E-state index contributed by atoms with van der Waals surface area (Å²) in [6.45, 7) is 3.30. The van der Waals surface area contributed by atoms with Crippen LogP contribution in [0, 0.1) is 5.92 Å². The number of primary amides is 1. The van der Waals surface area contributed by atoms with E-state index in [4.69, 9.17) is 22.1 Å². The van der Waals surface area contributed by atoms with Gasteiger partial charge in [0.1, 0.15) is 6.04 Å². The normalized spacial score (nSPS) is 11.8. The first kappa shape index (κ1) is 18.0. The lowest BCUT2D eigenvalue weighted by atomic mass is 10.0. The Hall–Kier alpha value is -2.08. The van der Waals surface area contributed by atoms with Crippen molar-refractivity contribution in [1.29, 1.82) is 0 Å². The van der Waals surface area contributed by atoms with E-state index in [1.807, 2.05) is 13.8 Å². The molecule has 0 aromatic heterocycles. The van der Waals surface area contributed by atoms with E-state index in [0.717, 1.165) is 0 Å². The van der Waals surface area contributed by atoms with E-state index in [9.17, 15) is 14.4 Å². The van der Waals surface area contributed by atoms with Gasteiger partial charge in [-0.3, -0.25) is 9.59 Å². The van der Waals surface area contributed by atoms with Crippen LogP contribution >= 0.6 is 11.6 Å². The Kier molecular flexibility index (Phi) is 6.85. The van der Waals surface area contributed by atoms with Gasteiger partial charge in [0.15, 0.2) is 6.61 Å². The van der Waals surface area contributed by atoms with Crippen molar-refractivity contribution in [3.8, 4) is 0 Å². The monoisotopic (exact) mass is 326 g/mol. The van der Waals surface area contributed by atoms with Crippen molar-refractivity contribution in [1.82, 2.24) is 5.32 Å². The fourth-order valence-electron chi connectivity index (χ4n) is 1.77. The van der Waals surface area contributed by atoms with Gasteiger partial charge in [0.2, 0.25) is 0 Å². The first-order chi connectivity index (χ1) is 10.3. The maximum absolute atomic E-state index is 12.1. The summed E-state index contributed by atoms with van der Waals surface area (Å²) in [4.78, 5) is 34.7. The van der Waals surface area contributed by atoms with Gasteiger partial charge in [0.25, 0.3) is 11.8 Å². The molecule has 0 heterocycles. The molecule has 1 atom stereocenters. The topological polar surface area (TPSA) is 98.5 Å². The molecule has 0 aliphatic heterocycles. The summed E-state index contributed by atoms with van der Waals surface area (Å²) in [5.41, 5.74) is 5.31. The number of ether oxygens (including phenoxy) is 1. The lowest BCUT2D eigenvalue weighted by molar-refractivity contribution is -0.150. The molecule has 0 bridgehead atoms. The molecule has 1 aromatic carbocycles. The largest absolute Gasteiger partial charge is 0.454 e. The maximum atomic E-state index is 12.1. The number of hydrogen-bond donors (Lipinski definition) is 2. The Morgan fingerprint density at radius 2 is 1.82 bits per heavy atom. The summed E-state index contributed by atoms with van der Waals surface area (Å²) in [5, 5.41) is 3.11. The van der Waals surface area contributed by atoms with Gasteiger partial charge in [0.05, 0.1) is 0 Å². The molecule has 3 N–H and O–H groups in total. The van der Waals surface area contributed by atoms with Crippen molar-refractivity contribution in [2.45, 2.75) is 26.3 Å². The van der Waals surface area contributed by atoms with E-state index in [1.165, 1.54) is 0 Å². The fourth-order valence-corrected chi connectivity index (χ4v) is 1.90. The zero-order valence-corrected chi connectivity index (χ0v) is 13.2. The standard InChI is InChI=1S/C15H19ClN2O4/c1-9(2)7-12(15(21)22-8-13(17)19)18-14(20)10-3-5-11(16)6-4-10/h3-6,9,12H,7-8H2,1-2H3,(H2,17,19)(H,18,20). The fraction of sp³-hybridized carbons (Fsp3) is 0.400. The number of esters is 1. The Labute approximate surface area is 134 Å². The number of amides is 2. The van der Waals surface area contributed by atoms with Crippen LogP contribution in [0.4, 0.5) is 0 Å². The van der Waals surface area contributed by atoms with Gasteiger partial charge in [-0.2, -0.15) is 0 Å². The Bertz CT molecular complexity index is 543. The molecular weight excluding hydrogens is 308 g/mol. The second kappa shape index (κ2) is 8.38. The number of carbonyl (C=O) groups excluding carboxylic acids is 3. The van der Waals surface area contributed by atoms with Crippen molar-refractivity contribution >= 4 is 29.4 Å². The number of halogens is 1. The van der Waals surface area contributed by atoms with E-state index < -0.39 is 30.4 Å². The van der Waals surface area contributed by atoms with Gasteiger partial charge in [-0.1, -0.05) is 25.4 Å². The summed E-state index contributed by atoms with van der Waals surface area (Å²) in [7, 11) is 0. The third-order valence-electron chi connectivity index (χ3n) is 2.76. The summed E-state index contributed by atoms with van der Waals surface area (Å²) in [6, 6.07) is 5.43. The van der Waals surface area contributed by atoms with Crippen molar-refractivity contribution in [3.63, 3.8) is 0 Å². The molecule has 0 aliphatic carbocycles. The van der Waals surface area contributed by atoms with E-state index in [1.54, 1.807) is 24.3 Å². The number of carbonyl (C=O) groups is 3. The maximum Gasteiger partial charge on any atom is 0.329 e. The Morgan fingerprint density at radius 1 is 1.23 bits per heavy atom. The van der Waals surface area contributed by atoms with Crippen LogP contribution in [-0.4, -0.2) is 30.4 Å². The first-order valence-electron chi connectivity index (χ1n) is 6.81. The van der Waals surface area contributed by atoms with Crippen LogP contribution in [0.15, 0.2) is 24.3 Å². The van der Waals surface area contributed by atoms with Gasteiger partial charge in [-0.25, -0.2) is 4.79 Å². The zero-order chi connectivity index (χ0) is 16.7. The van der Waals surface area contributed by atoms with Crippen LogP contribution in [0.5, 0.6) is 0 Å². The number of nitrogens with one attached hydrogen (secondary N) is 1. The molecule has 7 heteroatoms. The van der Waals surface area contributed by atoms with Crippen LogP contribution in [0.25, 0.3) is 0 Å². The van der Waals surface area contributed by atoms with Gasteiger partial charge in [-0.05, 0) is 36.6 Å². The SMILES string of the molecule is CC(C)CC(NC(=O)c1ccc(Cl)cc1)C(=O)OCC(N)=O. The van der Waals surface area contributed by atoms with Crippen molar-refractivity contribution in [2.75, 3.05) is 6.61 Å². The average Bonchev–Trinajstić information content (AvgIpc) is 2.44. The molecule has 6 nitrogen and oxygen atoms in total. The molecule has 22 heavy (non-hydrogen) atoms. The molecule has 0 fully saturated rings. The highest BCUT2D eigenvalue weighted by Crippen LogP contribution is 2.11. The molecule has 1 aromatic rings. The molecular formula is C15H19ClN2O4. The minimum atomic E-state index is -0.845. The molecule has 1 rings (SSSR count). The molecule has 0 saturated heterocycles. The smallest absolute Gasteiger partial charge is 0.329 e. The second-order valence-corrected chi connectivity index (χ2v) is 5.67. The first-order valence-corrected chi connectivity index (χ1v) is 7.18. The van der Waals surface area contributed by atoms with E-state index in [2.05, 4.69) is 5.32 Å². The molecule has 120 valence electrons. The summed E-state index contributed by atoms with van der Waals surface area (Å²) in [6.07, 6.45) is 0.386. The highest BCUT2D eigenvalue weighted by molar-refractivity contribution is 6.30. The third-order valence-corrected chi connectivity index (χ3v) is 3.01. The van der Waals surface area contributed by atoms with Crippen LogP contribution in [0.1, 0.15) is 30.6 Å². The minimum Gasteiger partial charge on any atom is -0.454 e. The number of hydrogen-bond acceptors (Lipinski definition) is 4. The van der Waals surface area contributed by atoms with E-state index >= 15 is 0 Å². The Balaban J connectivity index is 2.75. The van der Waals surface area contributed by atoms with Gasteiger partial charge in [-0.15, -0.1) is 0 Å². The van der Waals surface area contributed by atoms with Crippen molar-refractivity contribution < 1.29 is 19.1 Å². The number of nitrogens with two attached hydrogens (primary N) is 1. The average molecular weight is 327 g/mol. The van der Waals surface area contributed by atoms with E-state index in [0.29, 0.717) is 17.0 Å². The van der Waals surface area contributed by atoms with Crippen LogP contribution < -0.4 is 11.1 Å². The van der Waals surface area contributed by atoms with Gasteiger partial charge in [0, 0.05) is 10.6 Å². The Morgan fingerprint density at radius 3 is 2.32 bits per heavy atom. The molecule has 2 amide bonds. The van der Waals surface area contributed by atoms with Crippen molar-refractivity contribution in [2.24, 2.45) is 11.7 Å². The van der Waals surface area contributed by atoms with E-state index in [-0.39, 0.29) is 5.92 Å². The highest BCUT2D eigenvalue weighted by atomic mass is 35.5. The summed E-state index contributed by atoms with van der Waals surface area (Å²) in [5.74, 6) is -1.70. The molecule has 0 aliphatic rings. The summed E-state index contributed by atoms with van der Waals surface area (Å²) >= 11 is 5.76. The third kappa shape index (κ3) is 6.13. The van der Waals surface area contributed by atoms with Crippen LogP contribution in [0.3, 0.4) is 0 Å². The predicted molar refractivity (Wildman–Crippen MR) is 82.3 cm³/mol. The minimum absolute atomic E-state index is 0.150. The van der Waals surface area contributed by atoms with Crippen molar-refractivity contribution in [3.05, 3.63) is 34.9 Å². The van der Waals surface area contributed by atoms with Crippen LogP contribution in [-0.2, 0) is 14.3 Å². The summed E-state index contributed by atoms with van der Waals surface area (Å²) < 4.78 is 4.77. The lowest BCUT2D eigenvalue weighted by Crippen LogP contribution is -2.43. The number of benzene rings is 1. The second-order valence-electron chi connectivity index (χ2n) is 5.24. The van der Waals surface area contributed by atoms with Gasteiger partial charge >= 0.3 is 5.97 Å². The predicted octanol–water partition coefficient (Wildman–Crippen LogP) is 1.51. The molecule has 1 unspecified atom stereocenters. The molecule has 0 radical (unpaired) electrons. The van der Waals surface area contributed by atoms with Gasteiger partial charge < -0.3 is 15.8 Å². The quantitative estimate of drug-likeness (QED) is 0.742. The molecule has 0 saturated carbocycles. The van der Waals surface area contributed by atoms with Crippen LogP contribution in [0.2, 0.25) is 5.02 Å². The lowest BCUT2D eigenvalue weighted by Gasteiger charge is -2.19.